The zero-order valence-corrected chi connectivity index (χ0v) is 23.7. The molecule has 0 aromatic heterocycles. The van der Waals surface area contributed by atoms with Crippen molar-refractivity contribution < 1.29 is 32.8 Å². The first-order valence-corrected chi connectivity index (χ1v) is 15.2. The molecular formula is C28H44NO7P. The lowest BCUT2D eigenvalue weighted by Gasteiger charge is -2.59. The number of carbonyl (C=O) groups excluding carboxylic acids is 2. The highest BCUT2D eigenvalue weighted by Crippen LogP contribution is 2.69. The van der Waals surface area contributed by atoms with Gasteiger partial charge in [-0.05, 0) is 94.0 Å². The maximum atomic E-state index is 12.7. The highest BCUT2D eigenvalue weighted by Gasteiger charge is 2.66. The second-order valence-corrected chi connectivity index (χ2v) is 13.7. The molecule has 0 saturated heterocycles. The normalized spacial score (nSPS) is 40.4. The fraction of sp³-hybridized carbons (Fsp3) is 0.786. The third kappa shape index (κ3) is 5.05. The quantitative estimate of drug-likeness (QED) is 0.177. The van der Waals surface area contributed by atoms with Crippen molar-refractivity contribution in [1.29, 1.82) is 0 Å². The first kappa shape index (κ1) is 28.7. The Balaban J connectivity index is 1.54. The molecule has 8 atom stereocenters. The van der Waals surface area contributed by atoms with Gasteiger partial charge in [-0.2, -0.15) is 0 Å². The predicted octanol–water partition coefficient (Wildman–Crippen LogP) is 5.25. The van der Waals surface area contributed by atoms with Crippen LogP contribution in [0.1, 0.15) is 85.5 Å². The van der Waals surface area contributed by atoms with E-state index in [0.29, 0.717) is 30.6 Å². The Morgan fingerprint density at radius 2 is 1.86 bits per heavy atom. The van der Waals surface area contributed by atoms with Gasteiger partial charge in [0.2, 0.25) is 0 Å². The molecule has 208 valence electrons. The number of Topliss-reactive ketones (excluding diaryl/α,β-unsaturated/α-hetero) is 1. The van der Waals surface area contributed by atoms with E-state index in [1.807, 2.05) is 6.92 Å². The molecule has 8 nitrogen and oxygen atoms in total. The number of phosphoric acid groups is 1. The van der Waals surface area contributed by atoms with Crippen LogP contribution in [0.2, 0.25) is 0 Å². The van der Waals surface area contributed by atoms with Crippen LogP contribution in [0.15, 0.2) is 23.8 Å². The first-order valence-electron chi connectivity index (χ1n) is 13.7. The molecule has 3 N–H and O–H groups in total. The van der Waals surface area contributed by atoms with E-state index in [2.05, 4.69) is 26.5 Å². The summed E-state index contributed by atoms with van der Waals surface area (Å²) in [5, 5.41) is 0. The third-order valence-electron chi connectivity index (χ3n) is 10.2. The van der Waals surface area contributed by atoms with Crippen molar-refractivity contribution in [3.8, 4) is 0 Å². The Hall–Kier alpha value is -1.31. The average molecular weight is 538 g/mol. The van der Waals surface area contributed by atoms with Crippen LogP contribution >= 0.6 is 7.82 Å². The number of hydrogen-bond acceptors (Lipinski definition) is 7. The van der Waals surface area contributed by atoms with Crippen molar-refractivity contribution in [3.63, 3.8) is 0 Å². The van der Waals surface area contributed by atoms with Gasteiger partial charge in [0.05, 0.1) is 12.7 Å². The van der Waals surface area contributed by atoms with Gasteiger partial charge in [-0.3, -0.25) is 18.6 Å². The standard InChI is InChI=1S/C28H44NO7P/c1-18(2)28(35-25(31)16-19(3)30)13-10-24-22-7-6-20-17-21(36-37(32,33)34-15-14-29)8-11-26(20,4)23(22)9-12-27(24,28)5/h6,21-24H,1,7-17,29H2,2-5H3,(H,32,33)/t21?,22?,23-,24-,26-,27-,28-/m0/s1. The number of ether oxygens (including phenoxy) is 1. The zero-order chi connectivity index (χ0) is 27.2. The number of carbonyl (C=O) groups is 2. The molecule has 4 rings (SSSR count). The average Bonchev–Trinajstić information content (AvgIpc) is 3.10. The Kier molecular flexibility index (Phi) is 8.02. The van der Waals surface area contributed by atoms with E-state index in [1.54, 1.807) is 0 Å². The summed E-state index contributed by atoms with van der Waals surface area (Å²) in [7, 11) is -4.12. The van der Waals surface area contributed by atoms with Gasteiger partial charge >= 0.3 is 13.8 Å². The summed E-state index contributed by atoms with van der Waals surface area (Å²) in [4.78, 5) is 34.3. The number of nitrogens with two attached hydrogens (primary N) is 1. The van der Waals surface area contributed by atoms with Crippen molar-refractivity contribution in [2.45, 2.75) is 97.2 Å². The zero-order valence-electron chi connectivity index (χ0n) is 22.8. The molecule has 4 aliphatic carbocycles. The molecule has 4 aliphatic rings. The van der Waals surface area contributed by atoms with Crippen molar-refractivity contribution in [2.75, 3.05) is 13.2 Å². The molecule has 0 spiro atoms. The number of phosphoric ester groups is 1. The van der Waals surface area contributed by atoms with E-state index in [0.717, 1.165) is 44.1 Å². The smallest absolute Gasteiger partial charge is 0.454 e. The molecule has 37 heavy (non-hydrogen) atoms. The van der Waals surface area contributed by atoms with Crippen LogP contribution < -0.4 is 5.73 Å². The molecule has 3 saturated carbocycles. The van der Waals surface area contributed by atoms with Crippen molar-refractivity contribution in [1.82, 2.24) is 0 Å². The second-order valence-electron chi connectivity index (χ2n) is 12.3. The van der Waals surface area contributed by atoms with Crippen molar-refractivity contribution >= 4 is 19.6 Å². The molecule has 3 unspecified atom stereocenters. The largest absolute Gasteiger partial charge is 0.472 e. The number of rotatable bonds is 9. The van der Waals surface area contributed by atoms with Gasteiger partial charge in [0.15, 0.2) is 0 Å². The number of ketones is 1. The van der Waals surface area contributed by atoms with Gasteiger partial charge < -0.3 is 15.4 Å². The topological polar surface area (TPSA) is 125 Å². The first-order chi connectivity index (χ1) is 17.3. The highest BCUT2D eigenvalue weighted by atomic mass is 31.2. The van der Waals surface area contributed by atoms with E-state index in [9.17, 15) is 19.0 Å². The molecule has 0 aromatic rings. The molecule has 0 aliphatic heterocycles. The van der Waals surface area contributed by atoms with Crippen molar-refractivity contribution in [2.24, 2.45) is 34.3 Å². The fourth-order valence-electron chi connectivity index (χ4n) is 8.49. The summed E-state index contributed by atoms with van der Waals surface area (Å²) in [6.45, 7) is 12.4. The minimum Gasteiger partial charge on any atom is -0.454 e. The van der Waals surface area contributed by atoms with E-state index in [4.69, 9.17) is 19.5 Å². The summed E-state index contributed by atoms with van der Waals surface area (Å²) in [6.07, 6.45) is 8.63. The lowest BCUT2D eigenvalue weighted by Crippen LogP contribution is -2.56. The molecule has 3 fully saturated rings. The summed E-state index contributed by atoms with van der Waals surface area (Å²) >= 11 is 0. The Morgan fingerprint density at radius 1 is 1.16 bits per heavy atom. The van der Waals surface area contributed by atoms with Crippen LogP contribution in [0.3, 0.4) is 0 Å². The maximum absolute atomic E-state index is 12.7. The SMILES string of the molecule is C=C(C)[C@@]1(OC(=O)CC(C)=O)CC[C@H]2C3CC=C4CC(OP(=O)(O)OCCN)CC[C@]4(C)[C@H]3CC[C@@]21C. The molecule has 0 amide bonds. The number of esters is 1. The summed E-state index contributed by atoms with van der Waals surface area (Å²) < 4.78 is 29.0. The molecule has 9 heteroatoms. The monoisotopic (exact) mass is 537 g/mol. The van der Waals surface area contributed by atoms with E-state index in [1.165, 1.54) is 12.5 Å². The van der Waals surface area contributed by atoms with Crippen LogP contribution in [-0.4, -0.2) is 41.5 Å². The van der Waals surface area contributed by atoms with Gasteiger partial charge in [0.1, 0.15) is 17.8 Å². The van der Waals surface area contributed by atoms with Crippen LogP contribution in [0, 0.1) is 28.6 Å². The van der Waals surface area contributed by atoms with Crippen LogP contribution in [-0.2, 0) is 27.9 Å². The van der Waals surface area contributed by atoms with Crippen LogP contribution in [0.25, 0.3) is 0 Å². The third-order valence-corrected chi connectivity index (χ3v) is 11.3. The highest BCUT2D eigenvalue weighted by molar-refractivity contribution is 7.47. The minimum atomic E-state index is -4.12. The van der Waals surface area contributed by atoms with E-state index in [-0.39, 0.29) is 42.3 Å². The molecule has 0 bridgehead atoms. The Bertz CT molecular complexity index is 1030. The molecule has 0 radical (unpaired) electrons. The van der Waals surface area contributed by atoms with Crippen LogP contribution in [0.4, 0.5) is 0 Å². The van der Waals surface area contributed by atoms with Gasteiger partial charge in [-0.15, -0.1) is 0 Å². The fourth-order valence-corrected chi connectivity index (χ4v) is 9.45. The lowest BCUT2D eigenvalue weighted by molar-refractivity contribution is -0.175. The number of fused-ring (bicyclic) bond motifs is 5. The second kappa shape index (κ2) is 10.3. The summed E-state index contributed by atoms with van der Waals surface area (Å²) in [5.41, 5.74) is 6.64. The number of allylic oxidation sites excluding steroid dienone is 1. The minimum absolute atomic E-state index is 0.0133. The predicted molar refractivity (Wildman–Crippen MR) is 140 cm³/mol. The van der Waals surface area contributed by atoms with Gasteiger partial charge in [0.25, 0.3) is 0 Å². The molecule has 0 aromatic carbocycles. The van der Waals surface area contributed by atoms with Crippen LogP contribution in [0.5, 0.6) is 0 Å². The Labute approximate surface area is 221 Å². The van der Waals surface area contributed by atoms with Gasteiger partial charge in [-0.1, -0.05) is 32.1 Å². The van der Waals surface area contributed by atoms with E-state index < -0.39 is 19.4 Å². The summed E-state index contributed by atoms with van der Waals surface area (Å²) in [6, 6.07) is 0. The lowest BCUT2D eigenvalue weighted by atomic mass is 9.46. The maximum Gasteiger partial charge on any atom is 0.472 e. The summed E-state index contributed by atoms with van der Waals surface area (Å²) in [5.74, 6) is 0.710. The van der Waals surface area contributed by atoms with E-state index >= 15 is 0 Å². The van der Waals surface area contributed by atoms with Gasteiger partial charge in [-0.25, -0.2) is 4.57 Å². The van der Waals surface area contributed by atoms with Gasteiger partial charge in [0, 0.05) is 12.0 Å². The van der Waals surface area contributed by atoms with Crippen molar-refractivity contribution in [3.05, 3.63) is 23.8 Å². The number of hydrogen-bond donors (Lipinski definition) is 2. The Morgan fingerprint density at radius 3 is 2.51 bits per heavy atom. The molecule has 0 heterocycles. The molecular weight excluding hydrogens is 493 g/mol.